The smallest absolute Gasteiger partial charge is 0.325 e. The van der Waals surface area contributed by atoms with Crippen LogP contribution in [0.5, 0.6) is 0 Å². The molecule has 0 radical (unpaired) electrons. The topological polar surface area (TPSA) is 75.7 Å². The molecule has 0 atom stereocenters. The summed E-state index contributed by atoms with van der Waals surface area (Å²) in [7, 11) is 0. The molecule has 1 saturated heterocycles. The molecule has 0 unspecified atom stereocenters. The highest BCUT2D eigenvalue weighted by atomic mass is 32.2. The number of nitrogens with one attached hydrogen (secondary N) is 1. The summed E-state index contributed by atoms with van der Waals surface area (Å²) in [5, 5.41) is 2.40. The number of carbonyl (C=O) groups excluding carboxylic acids is 3. The fourth-order valence-electron chi connectivity index (χ4n) is 1.15. The van der Waals surface area contributed by atoms with Crippen molar-refractivity contribution in [2.75, 3.05) is 31.3 Å². The van der Waals surface area contributed by atoms with E-state index in [1.165, 1.54) is 16.7 Å². The Balaban J connectivity index is 2.20. The zero-order valence-electron chi connectivity index (χ0n) is 9.02. The van der Waals surface area contributed by atoms with Gasteiger partial charge in [0.2, 0.25) is 11.8 Å². The summed E-state index contributed by atoms with van der Waals surface area (Å²) in [6.45, 7) is 1.84. The van der Waals surface area contributed by atoms with E-state index in [-0.39, 0.29) is 31.5 Å². The Morgan fingerprint density at radius 3 is 2.88 bits per heavy atom. The fourth-order valence-corrected chi connectivity index (χ4v) is 2.06. The highest BCUT2D eigenvalue weighted by Crippen LogP contribution is 2.13. The molecule has 0 bridgehead atoms. The Labute approximate surface area is 97.7 Å². The summed E-state index contributed by atoms with van der Waals surface area (Å²) in [5.41, 5.74) is 0. The van der Waals surface area contributed by atoms with Gasteiger partial charge >= 0.3 is 5.97 Å². The molecule has 2 amide bonds. The van der Waals surface area contributed by atoms with Crippen LogP contribution in [-0.4, -0.2) is 54.0 Å². The molecular formula is C9H14N2O4S. The molecule has 1 aliphatic heterocycles. The predicted octanol–water partition coefficient (Wildman–Crippen LogP) is -0.801. The normalized spacial score (nSPS) is 15.1. The number of hydrogen-bond donors (Lipinski definition) is 1. The van der Waals surface area contributed by atoms with Gasteiger partial charge in [-0.25, -0.2) is 0 Å². The maximum atomic E-state index is 11.3. The van der Waals surface area contributed by atoms with Crippen LogP contribution in [0.3, 0.4) is 0 Å². The van der Waals surface area contributed by atoms with Crippen molar-refractivity contribution in [3.05, 3.63) is 0 Å². The van der Waals surface area contributed by atoms with E-state index in [9.17, 15) is 14.4 Å². The van der Waals surface area contributed by atoms with Gasteiger partial charge in [-0.3, -0.25) is 14.4 Å². The van der Waals surface area contributed by atoms with Gasteiger partial charge in [0.1, 0.15) is 13.1 Å². The molecule has 0 aromatic carbocycles. The first kappa shape index (κ1) is 12.8. The van der Waals surface area contributed by atoms with Gasteiger partial charge in [-0.15, -0.1) is 11.8 Å². The molecule has 0 aromatic heterocycles. The molecule has 1 heterocycles. The zero-order chi connectivity index (χ0) is 12.0. The number of thioether (sulfide) groups is 1. The second-order valence-corrected chi connectivity index (χ2v) is 4.11. The summed E-state index contributed by atoms with van der Waals surface area (Å²) in [6, 6.07) is 0. The van der Waals surface area contributed by atoms with Crippen LogP contribution in [0.25, 0.3) is 0 Å². The fraction of sp³-hybridized carbons (Fsp3) is 0.667. The second-order valence-electron chi connectivity index (χ2n) is 3.15. The van der Waals surface area contributed by atoms with Crippen LogP contribution in [-0.2, 0) is 19.1 Å². The van der Waals surface area contributed by atoms with Crippen LogP contribution in [0.2, 0.25) is 0 Å². The van der Waals surface area contributed by atoms with E-state index >= 15 is 0 Å². The van der Waals surface area contributed by atoms with Crippen molar-refractivity contribution in [1.29, 1.82) is 0 Å². The van der Waals surface area contributed by atoms with Gasteiger partial charge < -0.3 is 15.0 Å². The van der Waals surface area contributed by atoms with E-state index in [1.54, 1.807) is 6.92 Å². The molecule has 7 heteroatoms. The summed E-state index contributed by atoms with van der Waals surface area (Å²) >= 11 is 1.47. The van der Waals surface area contributed by atoms with Crippen LogP contribution >= 0.6 is 11.8 Å². The zero-order valence-corrected chi connectivity index (χ0v) is 9.84. The van der Waals surface area contributed by atoms with Crippen molar-refractivity contribution in [1.82, 2.24) is 10.2 Å². The molecule has 0 aliphatic carbocycles. The number of amides is 2. The lowest BCUT2D eigenvalue weighted by atomic mass is 10.5. The van der Waals surface area contributed by atoms with Gasteiger partial charge in [0.25, 0.3) is 0 Å². The van der Waals surface area contributed by atoms with E-state index in [4.69, 9.17) is 0 Å². The molecule has 16 heavy (non-hydrogen) atoms. The lowest BCUT2D eigenvalue weighted by molar-refractivity contribution is -0.143. The third-order valence-electron chi connectivity index (χ3n) is 1.90. The van der Waals surface area contributed by atoms with Gasteiger partial charge in [-0.05, 0) is 6.92 Å². The van der Waals surface area contributed by atoms with Crippen molar-refractivity contribution in [2.45, 2.75) is 6.92 Å². The molecule has 0 aromatic rings. The van der Waals surface area contributed by atoms with Gasteiger partial charge in [-0.2, -0.15) is 0 Å². The van der Waals surface area contributed by atoms with E-state index in [0.717, 1.165) is 0 Å². The minimum atomic E-state index is -0.474. The Morgan fingerprint density at radius 1 is 1.56 bits per heavy atom. The molecule has 0 spiro atoms. The third-order valence-corrected chi connectivity index (χ3v) is 2.84. The van der Waals surface area contributed by atoms with Crippen molar-refractivity contribution >= 4 is 29.5 Å². The van der Waals surface area contributed by atoms with Crippen LogP contribution in [0.15, 0.2) is 0 Å². The van der Waals surface area contributed by atoms with Crippen LogP contribution in [0.1, 0.15) is 6.92 Å². The van der Waals surface area contributed by atoms with Gasteiger partial charge in [0.15, 0.2) is 0 Å². The maximum Gasteiger partial charge on any atom is 0.325 e. The molecule has 1 N–H and O–H groups in total. The van der Waals surface area contributed by atoms with Crippen LogP contribution < -0.4 is 5.32 Å². The highest BCUT2D eigenvalue weighted by Gasteiger charge is 2.22. The molecular weight excluding hydrogens is 232 g/mol. The minimum absolute atomic E-state index is 0.00520. The molecule has 1 fully saturated rings. The first-order valence-electron chi connectivity index (χ1n) is 4.91. The van der Waals surface area contributed by atoms with Gasteiger partial charge in [0, 0.05) is 0 Å². The third kappa shape index (κ3) is 4.09. The average molecular weight is 246 g/mol. The quantitative estimate of drug-likeness (QED) is 0.643. The minimum Gasteiger partial charge on any atom is -0.465 e. The molecule has 90 valence electrons. The van der Waals surface area contributed by atoms with E-state index in [1.807, 2.05) is 0 Å². The van der Waals surface area contributed by atoms with Crippen LogP contribution in [0, 0.1) is 0 Å². The Morgan fingerprint density at radius 2 is 2.31 bits per heavy atom. The van der Waals surface area contributed by atoms with E-state index < -0.39 is 5.97 Å². The number of carbonyl (C=O) groups is 3. The van der Waals surface area contributed by atoms with Crippen molar-refractivity contribution in [3.8, 4) is 0 Å². The maximum absolute atomic E-state index is 11.3. The highest BCUT2D eigenvalue weighted by molar-refractivity contribution is 8.00. The first-order chi connectivity index (χ1) is 7.63. The van der Waals surface area contributed by atoms with Gasteiger partial charge in [-0.1, -0.05) is 0 Å². The number of nitrogens with zero attached hydrogens (tertiary/aromatic N) is 1. The number of hydrogen-bond acceptors (Lipinski definition) is 5. The van der Waals surface area contributed by atoms with Crippen LogP contribution in [0.4, 0.5) is 0 Å². The molecule has 0 saturated carbocycles. The monoisotopic (exact) mass is 246 g/mol. The molecule has 1 rings (SSSR count). The van der Waals surface area contributed by atoms with Crippen molar-refractivity contribution < 1.29 is 19.1 Å². The number of esters is 1. The lowest BCUT2D eigenvalue weighted by Crippen LogP contribution is -2.40. The van der Waals surface area contributed by atoms with E-state index in [2.05, 4.69) is 10.1 Å². The molecule has 1 aliphatic rings. The average Bonchev–Trinajstić information content (AvgIpc) is 2.62. The number of rotatable bonds is 5. The van der Waals surface area contributed by atoms with E-state index in [0.29, 0.717) is 11.6 Å². The van der Waals surface area contributed by atoms with Crippen molar-refractivity contribution in [3.63, 3.8) is 0 Å². The second kappa shape index (κ2) is 6.37. The Hall–Kier alpha value is -1.24. The Kier molecular flexibility index (Phi) is 5.10. The Bertz CT molecular complexity index is 295. The lowest BCUT2D eigenvalue weighted by Gasteiger charge is -2.13. The van der Waals surface area contributed by atoms with Gasteiger partial charge in [0.05, 0.1) is 18.2 Å². The molecule has 6 nitrogen and oxygen atoms in total. The first-order valence-corrected chi connectivity index (χ1v) is 6.06. The summed E-state index contributed by atoms with van der Waals surface area (Å²) in [6.07, 6.45) is 0. The summed E-state index contributed by atoms with van der Waals surface area (Å²) < 4.78 is 4.65. The standard InChI is InChI=1S/C9H14N2O4S/c1-2-15-9(14)3-10-7(12)4-11-6-16-5-8(11)13/h2-6H2,1H3,(H,10,12). The number of ether oxygens (including phenoxy) is 1. The summed E-state index contributed by atoms with van der Waals surface area (Å²) in [4.78, 5) is 34.9. The SMILES string of the molecule is CCOC(=O)CNC(=O)CN1CSCC1=O. The van der Waals surface area contributed by atoms with Crippen molar-refractivity contribution in [2.24, 2.45) is 0 Å². The summed E-state index contributed by atoms with van der Waals surface area (Å²) in [5.74, 6) is 0.0924. The largest absolute Gasteiger partial charge is 0.465 e. The predicted molar refractivity (Wildman–Crippen MR) is 58.7 cm³/mol.